The molecule has 1 aromatic carbocycles. The Bertz CT molecular complexity index is 708. The van der Waals surface area contributed by atoms with E-state index in [1.807, 2.05) is 10.6 Å². The van der Waals surface area contributed by atoms with Gasteiger partial charge in [0.05, 0.1) is 18.5 Å². The van der Waals surface area contributed by atoms with E-state index in [1.165, 1.54) is 11.6 Å². The first-order valence-corrected chi connectivity index (χ1v) is 7.74. The van der Waals surface area contributed by atoms with Crippen LogP contribution in [-0.4, -0.2) is 35.6 Å². The maximum atomic E-state index is 14.4. The molecule has 4 nitrogen and oxygen atoms in total. The number of ether oxygens (including phenoxy) is 1. The van der Waals surface area contributed by atoms with Crippen LogP contribution in [-0.2, 0) is 29.0 Å². The van der Waals surface area contributed by atoms with Crippen molar-refractivity contribution in [3.63, 3.8) is 0 Å². The van der Waals surface area contributed by atoms with Gasteiger partial charge in [0.2, 0.25) is 0 Å². The number of esters is 1. The second-order valence-electron chi connectivity index (χ2n) is 5.76. The minimum atomic E-state index is -0.234. The molecular weight excluding hydrogens is 283 g/mol. The Hall–Kier alpha value is -1.88. The minimum Gasteiger partial charge on any atom is -0.466 e. The summed E-state index contributed by atoms with van der Waals surface area (Å²) in [6.45, 7) is 4.41. The second-order valence-corrected chi connectivity index (χ2v) is 5.76. The SMILES string of the molecule is CCOC(=O)CCn1c2c(c3cccc(F)c31)CN(C)CC2. The smallest absolute Gasteiger partial charge is 0.307 e. The van der Waals surface area contributed by atoms with E-state index in [9.17, 15) is 9.18 Å². The van der Waals surface area contributed by atoms with Crippen molar-refractivity contribution >= 4 is 16.9 Å². The Morgan fingerprint density at radius 2 is 2.23 bits per heavy atom. The molecule has 0 radical (unpaired) electrons. The first kappa shape index (κ1) is 15.0. The van der Waals surface area contributed by atoms with Gasteiger partial charge in [0.25, 0.3) is 0 Å². The Labute approximate surface area is 129 Å². The summed E-state index contributed by atoms with van der Waals surface area (Å²) in [5.41, 5.74) is 2.96. The molecule has 0 N–H and O–H groups in total. The van der Waals surface area contributed by atoms with Gasteiger partial charge in [-0.1, -0.05) is 12.1 Å². The van der Waals surface area contributed by atoms with Gasteiger partial charge in [0.15, 0.2) is 0 Å². The number of halogens is 1. The highest BCUT2D eigenvalue weighted by Crippen LogP contribution is 2.32. The van der Waals surface area contributed by atoms with Gasteiger partial charge in [-0.2, -0.15) is 0 Å². The molecule has 2 heterocycles. The zero-order valence-electron chi connectivity index (χ0n) is 13.1. The Balaban J connectivity index is 2.03. The van der Waals surface area contributed by atoms with Gasteiger partial charge in [0.1, 0.15) is 5.82 Å². The molecule has 0 aliphatic carbocycles. The molecule has 2 aromatic rings. The van der Waals surface area contributed by atoms with Gasteiger partial charge in [-0.25, -0.2) is 4.39 Å². The standard InChI is InChI=1S/C17H21FN2O2/c1-3-22-16(21)8-10-20-15-7-9-19(2)11-13(15)12-5-4-6-14(18)17(12)20/h4-6H,3,7-11H2,1-2H3. The molecule has 1 aliphatic heterocycles. The minimum absolute atomic E-state index is 0.224. The lowest BCUT2D eigenvalue weighted by Gasteiger charge is -2.24. The third-order valence-corrected chi connectivity index (χ3v) is 4.26. The summed E-state index contributed by atoms with van der Waals surface area (Å²) in [5, 5.41) is 0.963. The number of hydrogen-bond donors (Lipinski definition) is 0. The largest absolute Gasteiger partial charge is 0.466 e. The molecule has 3 rings (SSSR count). The molecule has 0 amide bonds. The van der Waals surface area contributed by atoms with Crippen LogP contribution in [0.1, 0.15) is 24.6 Å². The zero-order chi connectivity index (χ0) is 15.7. The number of likely N-dealkylation sites (N-methyl/N-ethyl adjacent to an activating group) is 1. The molecular formula is C17H21FN2O2. The van der Waals surface area contributed by atoms with Gasteiger partial charge >= 0.3 is 5.97 Å². The number of carbonyl (C=O) groups is 1. The fraction of sp³-hybridized carbons (Fsp3) is 0.471. The molecule has 0 unspecified atom stereocenters. The normalized spacial score (nSPS) is 15.0. The lowest BCUT2D eigenvalue weighted by molar-refractivity contribution is -0.143. The van der Waals surface area contributed by atoms with Crippen molar-refractivity contribution < 1.29 is 13.9 Å². The van der Waals surface area contributed by atoms with Crippen molar-refractivity contribution in [1.29, 1.82) is 0 Å². The molecule has 1 aromatic heterocycles. The van der Waals surface area contributed by atoms with Crippen LogP contribution in [0.5, 0.6) is 0 Å². The van der Waals surface area contributed by atoms with Crippen molar-refractivity contribution in [2.24, 2.45) is 0 Å². The molecule has 0 fully saturated rings. The lowest BCUT2D eigenvalue weighted by Crippen LogP contribution is -2.27. The fourth-order valence-corrected chi connectivity index (χ4v) is 3.28. The second kappa shape index (κ2) is 6.08. The summed E-state index contributed by atoms with van der Waals surface area (Å²) in [6.07, 6.45) is 1.15. The predicted molar refractivity (Wildman–Crippen MR) is 83.2 cm³/mol. The lowest BCUT2D eigenvalue weighted by atomic mass is 10.1. The summed E-state index contributed by atoms with van der Waals surface area (Å²) in [4.78, 5) is 13.9. The van der Waals surface area contributed by atoms with Crippen molar-refractivity contribution in [2.75, 3.05) is 20.2 Å². The Kier molecular flexibility index (Phi) is 4.16. The van der Waals surface area contributed by atoms with E-state index in [4.69, 9.17) is 4.74 Å². The molecule has 0 bridgehead atoms. The van der Waals surface area contributed by atoms with Gasteiger partial charge < -0.3 is 14.2 Å². The molecule has 118 valence electrons. The first-order chi connectivity index (χ1) is 10.6. The van der Waals surface area contributed by atoms with E-state index in [0.717, 1.165) is 30.6 Å². The van der Waals surface area contributed by atoms with E-state index >= 15 is 0 Å². The monoisotopic (exact) mass is 304 g/mol. The van der Waals surface area contributed by atoms with E-state index in [2.05, 4.69) is 11.9 Å². The maximum Gasteiger partial charge on any atom is 0.307 e. The number of hydrogen-bond acceptors (Lipinski definition) is 3. The molecule has 1 aliphatic rings. The zero-order valence-corrected chi connectivity index (χ0v) is 13.1. The first-order valence-electron chi connectivity index (χ1n) is 7.74. The van der Waals surface area contributed by atoms with Crippen LogP contribution in [0.2, 0.25) is 0 Å². The summed E-state index contributed by atoms with van der Waals surface area (Å²) in [5.74, 6) is -0.458. The van der Waals surface area contributed by atoms with E-state index in [-0.39, 0.29) is 18.2 Å². The van der Waals surface area contributed by atoms with Crippen LogP contribution in [0.4, 0.5) is 4.39 Å². The van der Waals surface area contributed by atoms with E-state index in [1.54, 1.807) is 13.0 Å². The quantitative estimate of drug-likeness (QED) is 0.815. The molecule has 0 saturated heterocycles. The number of fused-ring (bicyclic) bond motifs is 3. The van der Waals surface area contributed by atoms with Gasteiger partial charge in [-0.05, 0) is 25.6 Å². The number of nitrogens with zero attached hydrogens (tertiary/aromatic N) is 2. The number of carbonyl (C=O) groups excluding carboxylic acids is 1. The number of aryl methyl sites for hydroxylation is 1. The van der Waals surface area contributed by atoms with Crippen LogP contribution in [0, 0.1) is 5.82 Å². The molecule has 0 spiro atoms. The Morgan fingerprint density at radius 3 is 3.00 bits per heavy atom. The average Bonchev–Trinajstić information content (AvgIpc) is 2.80. The third kappa shape index (κ3) is 2.61. The molecule has 0 atom stereocenters. The number of rotatable bonds is 4. The third-order valence-electron chi connectivity index (χ3n) is 4.26. The van der Waals surface area contributed by atoms with Gasteiger partial charge in [0, 0.05) is 37.1 Å². The highest BCUT2D eigenvalue weighted by Gasteiger charge is 2.24. The fourth-order valence-electron chi connectivity index (χ4n) is 3.28. The van der Waals surface area contributed by atoms with Crippen LogP contribution >= 0.6 is 0 Å². The van der Waals surface area contributed by atoms with Crippen LogP contribution in [0.15, 0.2) is 18.2 Å². The van der Waals surface area contributed by atoms with Gasteiger partial charge in [-0.15, -0.1) is 0 Å². The maximum absolute atomic E-state index is 14.4. The number of benzene rings is 1. The summed E-state index contributed by atoms with van der Waals surface area (Å²) in [7, 11) is 2.07. The summed E-state index contributed by atoms with van der Waals surface area (Å²) in [6, 6.07) is 5.21. The number of para-hydroxylation sites is 1. The van der Waals surface area contributed by atoms with Crippen molar-refractivity contribution in [2.45, 2.75) is 32.9 Å². The topological polar surface area (TPSA) is 34.5 Å². The summed E-state index contributed by atoms with van der Waals surface area (Å²) < 4.78 is 21.3. The molecule has 5 heteroatoms. The predicted octanol–water partition coefficient (Wildman–Crippen LogP) is 2.72. The summed E-state index contributed by atoms with van der Waals surface area (Å²) >= 11 is 0. The van der Waals surface area contributed by atoms with Crippen molar-refractivity contribution in [3.05, 3.63) is 35.3 Å². The van der Waals surface area contributed by atoms with Crippen molar-refractivity contribution in [1.82, 2.24) is 9.47 Å². The van der Waals surface area contributed by atoms with Crippen LogP contribution < -0.4 is 0 Å². The molecule has 0 saturated carbocycles. The highest BCUT2D eigenvalue weighted by molar-refractivity contribution is 5.86. The van der Waals surface area contributed by atoms with E-state index in [0.29, 0.717) is 18.7 Å². The number of aromatic nitrogens is 1. The van der Waals surface area contributed by atoms with Crippen molar-refractivity contribution in [3.8, 4) is 0 Å². The van der Waals surface area contributed by atoms with E-state index < -0.39 is 0 Å². The average molecular weight is 304 g/mol. The van der Waals surface area contributed by atoms with Gasteiger partial charge in [-0.3, -0.25) is 4.79 Å². The highest BCUT2D eigenvalue weighted by atomic mass is 19.1. The molecule has 22 heavy (non-hydrogen) atoms. The Morgan fingerprint density at radius 1 is 1.41 bits per heavy atom. The van der Waals surface area contributed by atoms with Crippen LogP contribution in [0.3, 0.4) is 0 Å². The van der Waals surface area contributed by atoms with Crippen LogP contribution in [0.25, 0.3) is 10.9 Å².